The zero-order chi connectivity index (χ0) is 15.5. The molecule has 0 aliphatic heterocycles. The van der Waals surface area contributed by atoms with Gasteiger partial charge in [0, 0.05) is 25.2 Å². The van der Waals surface area contributed by atoms with Crippen molar-refractivity contribution in [3.05, 3.63) is 42.0 Å². The molecule has 0 saturated heterocycles. The average molecular weight is 290 g/mol. The van der Waals surface area contributed by atoms with Crippen molar-refractivity contribution in [3.63, 3.8) is 0 Å². The second-order valence-electron chi connectivity index (χ2n) is 5.29. The van der Waals surface area contributed by atoms with Crippen molar-refractivity contribution in [3.8, 4) is 5.75 Å². The van der Waals surface area contributed by atoms with E-state index in [0.717, 1.165) is 38.5 Å². The molecule has 0 aliphatic carbocycles. The smallest absolute Gasteiger partial charge is 0.123 e. The van der Waals surface area contributed by atoms with Crippen LogP contribution in [0.25, 0.3) is 0 Å². The molecular formula is C18H30N2O. The Morgan fingerprint density at radius 2 is 2.14 bits per heavy atom. The van der Waals surface area contributed by atoms with E-state index in [1.54, 1.807) is 7.11 Å². The van der Waals surface area contributed by atoms with Crippen LogP contribution in [0.1, 0.15) is 37.8 Å². The molecular weight excluding hydrogens is 260 g/mol. The van der Waals surface area contributed by atoms with Crippen LogP contribution in [0.5, 0.6) is 5.75 Å². The molecule has 0 radical (unpaired) electrons. The maximum Gasteiger partial charge on any atom is 0.123 e. The molecule has 1 aromatic rings. The van der Waals surface area contributed by atoms with Crippen LogP contribution in [0.2, 0.25) is 0 Å². The first-order chi connectivity index (χ1) is 10.2. The Kier molecular flexibility index (Phi) is 8.79. The number of ether oxygens (including phenoxy) is 1. The molecule has 118 valence electrons. The van der Waals surface area contributed by atoms with E-state index in [1.165, 1.54) is 24.0 Å². The van der Waals surface area contributed by atoms with E-state index >= 15 is 0 Å². The minimum absolute atomic E-state index is 0.808. The van der Waals surface area contributed by atoms with Crippen molar-refractivity contribution >= 4 is 0 Å². The molecule has 0 heterocycles. The van der Waals surface area contributed by atoms with Gasteiger partial charge in [0.1, 0.15) is 5.75 Å². The molecule has 3 nitrogen and oxygen atoms in total. The van der Waals surface area contributed by atoms with E-state index in [-0.39, 0.29) is 0 Å². The van der Waals surface area contributed by atoms with Gasteiger partial charge in [0.15, 0.2) is 0 Å². The lowest BCUT2D eigenvalue weighted by molar-refractivity contribution is 0.275. The predicted molar refractivity (Wildman–Crippen MR) is 90.8 cm³/mol. The standard InChI is InChI=1S/C18H30N2O/c1-5-8-12-20(7-3)15-16-9-10-17(14-19-11-6-2)18(13-16)21-4/h6,9-10,13,19H,2,5,7-8,11-12,14-15H2,1,3-4H3. The van der Waals surface area contributed by atoms with Gasteiger partial charge in [-0.05, 0) is 31.1 Å². The second-order valence-corrected chi connectivity index (χ2v) is 5.29. The number of nitrogens with zero attached hydrogens (tertiary/aromatic N) is 1. The van der Waals surface area contributed by atoms with Gasteiger partial charge in [-0.25, -0.2) is 0 Å². The van der Waals surface area contributed by atoms with Crippen molar-refractivity contribution in [2.75, 3.05) is 26.7 Å². The number of methoxy groups -OCH3 is 1. The summed E-state index contributed by atoms with van der Waals surface area (Å²) in [5.41, 5.74) is 2.51. The lowest BCUT2D eigenvalue weighted by Crippen LogP contribution is -2.24. The average Bonchev–Trinajstić information content (AvgIpc) is 2.52. The minimum atomic E-state index is 0.808. The van der Waals surface area contributed by atoms with Crippen molar-refractivity contribution in [2.24, 2.45) is 0 Å². The monoisotopic (exact) mass is 290 g/mol. The minimum Gasteiger partial charge on any atom is -0.496 e. The van der Waals surface area contributed by atoms with Crippen LogP contribution in [0.15, 0.2) is 30.9 Å². The zero-order valence-electron chi connectivity index (χ0n) is 13.8. The molecule has 1 rings (SSSR count). The Hall–Kier alpha value is -1.32. The number of rotatable bonds is 11. The zero-order valence-corrected chi connectivity index (χ0v) is 13.8. The maximum atomic E-state index is 5.53. The SMILES string of the molecule is C=CCNCc1ccc(CN(CC)CCCC)cc1OC. The van der Waals surface area contributed by atoms with Gasteiger partial charge in [-0.2, -0.15) is 0 Å². The van der Waals surface area contributed by atoms with Gasteiger partial charge >= 0.3 is 0 Å². The molecule has 0 saturated carbocycles. The highest BCUT2D eigenvalue weighted by Gasteiger charge is 2.07. The fourth-order valence-corrected chi connectivity index (χ4v) is 2.33. The molecule has 3 heteroatoms. The number of nitrogens with one attached hydrogen (secondary N) is 1. The van der Waals surface area contributed by atoms with E-state index in [2.05, 4.69) is 48.8 Å². The molecule has 0 spiro atoms. The van der Waals surface area contributed by atoms with E-state index in [1.807, 2.05) is 6.08 Å². The quantitative estimate of drug-likeness (QED) is 0.498. The molecule has 1 aromatic carbocycles. The fraction of sp³-hybridized carbons (Fsp3) is 0.556. The largest absolute Gasteiger partial charge is 0.496 e. The first kappa shape index (κ1) is 17.7. The van der Waals surface area contributed by atoms with E-state index < -0.39 is 0 Å². The van der Waals surface area contributed by atoms with Gasteiger partial charge in [-0.1, -0.05) is 38.5 Å². The van der Waals surface area contributed by atoms with E-state index in [4.69, 9.17) is 4.74 Å². The highest BCUT2D eigenvalue weighted by atomic mass is 16.5. The number of unbranched alkanes of at least 4 members (excludes halogenated alkanes) is 1. The summed E-state index contributed by atoms with van der Waals surface area (Å²) < 4.78 is 5.53. The summed E-state index contributed by atoms with van der Waals surface area (Å²) in [4.78, 5) is 2.48. The lowest BCUT2D eigenvalue weighted by Gasteiger charge is -2.21. The third-order valence-corrected chi connectivity index (χ3v) is 3.64. The Morgan fingerprint density at radius 1 is 1.33 bits per heavy atom. The summed E-state index contributed by atoms with van der Waals surface area (Å²) in [6.07, 6.45) is 4.37. The first-order valence-electron chi connectivity index (χ1n) is 7.94. The summed E-state index contributed by atoms with van der Waals surface area (Å²) in [6.45, 7) is 13.0. The Balaban J connectivity index is 2.69. The van der Waals surface area contributed by atoms with E-state index in [0.29, 0.717) is 0 Å². The van der Waals surface area contributed by atoms with Gasteiger partial charge in [0.2, 0.25) is 0 Å². The highest BCUT2D eigenvalue weighted by molar-refractivity contribution is 5.37. The molecule has 0 amide bonds. The van der Waals surface area contributed by atoms with Crippen molar-refractivity contribution in [2.45, 2.75) is 39.8 Å². The Bertz CT molecular complexity index is 418. The second kappa shape index (κ2) is 10.4. The molecule has 0 unspecified atom stereocenters. The molecule has 0 fully saturated rings. The van der Waals surface area contributed by atoms with Crippen LogP contribution in [0.3, 0.4) is 0 Å². The Morgan fingerprint density at radius 3 is 2.76 bits per heavy atom. The van der Waals surface area contributed by atoms with Crippen LogP contribution in [0.4, 0.5) is 0 Å². The van der Waals surface area contributed by atoms with Crippen LogP contribution in [-0.4, -0.2) is 31.6 Å². The number of hydrogen-bond acceptors (Lipinski definition) is 3. The third kappa shape index (κ3) is 6.32. The normalized spacial score (nSPS) is 10.9. The van der Waals surface area contributed by atoms with Crippen molar-refractivity contribution < 1.29 is 4.74 Å². The predicted octanol–water partition coefficient (Wildman–Crippen LogP) is 3.59. The Labute approximate surface area is 130 Å². The van der Waals surface area contributed by atoms with Crippen LogP contribution in [0, 0.1) is 0 Å². The van der Waals surface area contributed by atoms with Gasteiger partial charge in [0.25, 0.3) is 0 Å². The van der Waals surface area contributed by atoms with Gasteiger partial charge in [-0.15, -0.1) is 6.58 Å². The number of benzene rings is 1. The summed E-state index contributed by atoms with van der Waals surface area (Å²) >= 11 is 0. The number of hydrogen-bond donors (Lipinski definition) is 1. The summed E-state index contributed by atoms with van der Waals surface area (Å²) in [5.74, 6) is 0.968. The van der Waals surface area contributed by atoms with Crippen molar-refractivity contribution in [1.29, 1.82) is 0 Å². The third-order valence-electron chi connectivity index (χ3n) is 3.64. The molecule has 0 atom stereocenters. The molecule has 1 N–H and O–H groups in total. The van der Waals surface area contributed by atoms with Crippen LogP contribution in [-0.2, 0) is 13.1 Å². The summed E-state index contributed by atoms with van der Waals surface area (Å²) in [6, 6.07) is 6.54. The summed E-state index contributed by atoms with van der Waals surface area (Å²) in [5, 5.41) is 3.32. The van der Waals surface area contributed by atoms with Gasteiger partial charge < -0.3 is 10.1 Å². The lowest BCUT2D eigenvalue weighted by atomic mass is 10.1. The molecule has 0 aromatic heterocycles. The van der Waals surface area contributed by atoms with E-state index in [9.17, 15) is 0 Å². The topological polar surface area (TPSA) is 24.5 Å². The molecule has 21 heavy (non-hydrogen) atoms. The first-order valence-corrected chi connectivity index (χ1v) is 7.94. The maximum absolute atomic E-state index is 5.53. The van der Waals surface area contributed by atoms with Crippen LogP contribution >= 0.6 is 0 Å². The van der Waals surface area contributed by atoms with Crippen LogP contribution < -0.4 is 10.1 Å². The van der Waals surface area contributed by atoms with Crippen molar-refractivity contribution in [1.82, 2.24) is 10.2 Å². The summed E-state index contributed by atoms with van der Waals surface area (Å²) in [7, 11) is 1.74. The van der Waals surface area contributed by atoms with Gasteiger partial charge in [0.05, 0.1) is 7.11 Å². The highest BCUT2D eigenvalue weighted by Crippen LogP contribution is 2.21. The molecule has 0 bridgehead atoms. The fourth-order valence-electron chi connectivity index (χ4n) is 2.33. The van der Waals surface area contributed by atoms with Gasteiger partial charge in [-0.3, -0.25) is 4.90 Å². The molecule has 0 aliphatic rings.